The van der Waals surface area contributed by atoms with Crippen LogP contribution in [0.3, 0.4) is 0 Å². The van der Waals surface area contributed by atoms with Crippen LogP contribution in [0.15, 0.2) is 48.5 Å². The molecule has 0 saturated carbocycles. The van der Waals surface area contributed by atoms with Crippen LogP contribution < -0.4 is 0 Å². The van der Waals surface area contributed by atoms with Gasteiger partial charge in [-0.05, 0) is 22.2 Å². The van der Waals surface area contributed by atoms with Gasteiger partial charge in [-0.3, -0.25) is 0 Å². The summed E-state index contributed by atoms with van der Waals surface area (Å²) in [5.74, 6) is -0.378. The van der Waals surface area contributed by atoms with Gasteiger partial charge in [-0.15, -0.1) is 0 Å². The predicted molar refractivity (Wildman–Crippen MR) is 71.8 cm³/mol. The summed E-state index contributed by atoms with van der Waals surface area (Å²) in [5.41, 5.74) is 0. The number of phenols is 1. The monoisotopic (exact) mass is 236 g/mol. The minimum Gasteiger partial charge on any atom is -0.507 e. The number of rotatable bonds is 0. The van der Waals surface area contributed by atoms with Crippen LogP contribution in [-0.4, -0.2) is 5.11 Å². The summed E-state index contributed by atoms with van der Waals surface area (Å²) in [5, 5.41) is 15.1. The molecule has 0 aliphatic carbocycles. The van der Waals surface area contributed by atoms with Gasteiger partial charge in [0.15, 0.2) is 0 Å². The summed E-state index contributed by atoms with van der Waals surface area (Å²) in [6.07, 6.45) is 0. The van der Waals surface area contributed by atoms with E-state index in [1.807, 2.05) is 36.4 Å². The zero-order valence-electron chi connectivity index (χ0n) is 9.44. The van der Waals surface area contributed by atoms with Gasteiger partial charge in [0.25, 0.3) is 0 Å². The van der Waals surface area contributed by atoms with Gasteiger partial charge in [0.05, 0.1) is 0 Å². The van der Waals surface area contributed by atoms with Gasteiger partial charge in [0.2, 0.25) is 0 Å². The molecule has 1 nitrogen and oxygen atoms in total. The number of benzene rings is 4. The lowest BCUT2D eigenvalue weighted by Gasteiger charge is -2.11. The number of aromatic hydroxyl groups is 1. The number of hydrogen-bond acceptors (Lipinski definition) is 1. The molecule has 0 atom stereocenters. The molecule has 0 aliphatic heterocycles. The molecule has 0 fully saturated rings. The van der Waals surface area contributed by atoms with Crippen molar-refractivity contribution in [1.82, 2.24) is 0 Å². The molecule has 0 aliphatic rings. The van der Waals surface area contributed by atoms with E-state index in [0.29, 0.717) is 10.8 Å². The van der Waals surface area contributed by atoms with Crippen molar-refractivity contribution in [2.75, 3.05) is 0 Å². The fourth-order valence-corrected chi connectivity index (χ4v) is 2.77. The third-order valence-corrected chi connectivity index (χ3v) is 3.57. The number of hydrogen-bond donors (Lipinski definition) is 1. The van der Waals surface area contributed by atoms with Crippen molar-refractivity contribution in [3.05, 3.63) is 54.3 Å². The first kappa shape index (κ1) is 9.66. The van der Waals surface area contributed by atoms with Crippen molar-refractivity contribution in [2.45, 2.75) is 0 Å². The van der Waals surface area contributed by atoms with Crippen molar-refractivity contribution in [2.24, 2.45) is 0 Å². The maximum Gasteiger partial charge on any atom is 0.134 e. The molecule has 4 aromatic rings. The molecule has 0 unspecified atom stereocenters. The quantitative estimate of drug-likeness (QED) is 0.448. The molecule has 2 heteroatoms. The van der Waals surface area contributed by atoms with Crippen LogP contribution in [0, 0.1) is 5.82 Å². The zero-order valence-corrected chi connectivity index (χ0v) is 9.44. The molecule has 0 amide bonds. The Morgan fingerprint density at radius 3 is 2.17 bits per heavy atom. The SMILES string of the molecule is Oc1cc(F)c2ccc3cccc4ccc1c2c43. The second-order valence-electron chi connectivity index (χ2n) is 4.56. The molecule has 0 spiro atoms. The Hall–Kier alpha value is -2.35. The lowest BCUT2D eigenvalue weighted by atomic mass is 9.94. The van der Waals surface area contributed by atoms with E-state index in [9.17, 15) is 9.50 Å². The molecule has 0 bridgehead atoms. The summed E-state index contributed by atoms with van der Waals surface area (Å²) < 4.78 is 13.9. The average Bonchev–Trinajstić information content (AvgIpc) is 2.38. The van der Waals surface area contributed by atoms with Crippen molar-refractivity contribution >= 4 is 32.3 Å². The van der Waals surface area contributed by atoms with Crippen molar-refractivity contribution in [3.63, 3.8) is 0 Å². The summed E-state index contributed by atoms with van der Waals surface area (Å²) in [6, 6.07) is 14.7. The Bertz CT molecular complexity index is 829. The molecular weight excluding hydrogens is 227 g/mol. The average molecular weight is 236 g/mol. The highest BCUT2D eigenvalue weighted by Gasteiger charge is 2.13. The van der Waals surface area contributed by atoms with E-state index in [1.54, 1.807) is 6.07 Å². The van der Waals surface area contributed by atoms with Gasteiger partial charge < -0.3 is 5.11 Å². The molecule has 0 radical (unpaired) electrons. The Morgan fingerprint density at radius 2 is 1.44 bits per heavy atom. The second-order valence-corrected chi connectivity index (χ2v) is 4.56. The highest BCUT2D eigenvalue weighted by atomic mass is 19.1. The first-order valence-electron chi connectivity index (χ1n) is 5.81. The normalized spacial score (nSPS) is 11.8. The Labute approximate surface area is 102 Å². The molecule has 0 heterocycles. The van der Waals surface area contributed by atoms with E-state index in [2.05, 4.69) is 0 Å². The standard InChI is InChI=1S/C16H9FO/c17-13-8-14(18)12-7-5-10-3-1-2-9-4-6-11(13)16(12)15(9)10/h1-8,18H. The van der Waals surface area contributed by atoms with Crippen LogP contribution in [0.4, 0.5) is 4.39 Å². The highest BCUT2D eigenvalue weighted by molar-refractivity contribution is 6.24. The fraction of sp³-hybridized carbons (Fsp3) is 0. The van der Waals surface area contributed by atoms with E-state index < -0.39 is 0 Å². The summed E-state index contributed by atoms with van der Waals surface area (Å²) in [6.45, 7) is 0. The molecule has 4 rings (SSSR count). The van der Waals surface area contributed by atoms with E-state index >= 15 is 0 Å². The van der Waals surface area contributed by atoms with Gasteiger partial charge in [-0.25, -0.2) is 4.39 Å². The van der Waals surface area contributed by atoms with Gasteiger partial charge in [0, 0.05) is 22.2 Å². The highest BCUT2D eigenvalue weighted by Crippen LogP contribution is 2.39. The predicted octanol–water partition coefficient (Wildman–Crippen LogP) is 4.43. The van der Waals surface area contributed by atoms with Crippen LogP contribution >= 0.6 is 0 Å². The summed E-state index contributed by atoms with van der Waals surface area (Å²) >= 11 is 0. The minimum absolute atomic E-state index is 0.00162. The maximum absolute atomic E-state index is 13.9. The Balaban J connectivity index is 2.48. The summed E-state index contributed by atoms with van der Waals surface area (Å²) in [7, 11) is 0. The van der Waals surface area contributed by atoms with Gasteiger partial charge in [0.1, 0.15) is 11.6 Å². The third kappa shape index (κ3) is 1.05. The van der Waals surface area contributed by atoms with Crippen molar-refractivity contribution in [3.8, 4) is 5.75 Å². The van der Waals surface area contributed by atoms with Crippen LogP contribution in [0.1, 0.15) is 0 Å². The number of phenolic OH excluding ortho intramolecular Hbond substituents is 1. The van der Waals surface area contributed by atoms with E-state index in [-0.39, 0.29) is 11.6 Å². The van der Waals surface area contributed by atoms with Crippen LogP contribution in [0.5, 0.6) is 5.75 Å². The fourth-order valence-electron chi connectivity index (χ4n) is 2.77. The first-order chi connectivity index (χ1) is 8.75. The smallest absolute Gasteiger partial charge is 0.134 e. The molecule has 0 aromatic heterocycles. The van der Waals surface area contributed by atoms with Crippen LogP contribution in [0.2, 0.25) is 0 Å². The Kier molecular flexibility index (Phi) is 1.67. The van der Waals surface area contributed by atoms with Crippen molar-refractivity contribution < 1.29 is 9.50 Å². The van der Waals surface area contributed by atoms with Crippen molar-refractivity contribution in [1.29, 1.82) is 0 Å². The van der Waals surface area contributed by atoms with Crippen LogP contribution in [-0.2, 0) is 0 Å². The molecule has 4 aromatic carbocycles. The third-order valence-electron chi connectivity index (χ3n) is 3.57. The first-order valence-corrected chi connectivity index (χ1v) is 5.81. The second kappa shape index (κ2) is 3.10. The van der Waals surface area contributed by atoms with E-state index in [1.165, 1.54) is 6.07 Å². The number of halogens is 1. The molecule has 0 saturated heterocycles. The van der Waals surface area contributed by atoms with Gasteiger partial charge in [-0.1, -0.05) is 36.4 Å². The largest absolute Gasteiger partial charge is 0.507 e. The lowest BCUT2D eigenvalue weighted by molar-refractivity contribution is 0.476. The summed E-state index contributed by atoms with van der Waals surface area (Å²) in [4.78, 5) is 0. The van der Waals surface area contributed by atoms with Crippen LogP contribution in [0.25, 0.3) is 32.3 Å². The van der Waals surface area contributed by atoms with Gasteiger partial charge in [-0.2, -0.15) is 0 Å². The maximum atomic E-state index is 13.9. The lowest BCUT2D eigenvalue weighted by Crippen LogP contribution is -1.87. The minimum atomic E-state index is -0.377. The zero-order chi connectivity index (χ0) is 12.3. The molecule has 1 N–H and O–H groups in total. The topological polar surface area (TPSA) is 20.2 Å². The Morgan fingerprint density at radius 1 is 0.778 bits per heavy atom. The van der Waals surface area contributed by atoms with E-state index in [4.69, 9.17) is 0 Å². The van der Waals surface area contributed by atoms with E-state index in [0.717, 1.165) is 21.5 Å². The molecule has 86 valence electrons. The molecule has 18 heavy (non-hydrogen) atoms. The molecular formula is C16H9FO. The van der Waals surface area contributed by atoms with Gasteiger partial charge >= 0.3 is 0 Å².